The number of fused-ring (bicyclic) bond motifs is 1. The predicted molar refractivity (Wildman–Crippen MR) is 118 cm³/mol. The average molecular weight is 475 g/mol. The molecule has 0 radical (unpaired) electrons. The topological polar surface area (TPSA) is 177 Å². The van der Waals surface area contributed by atoms with Gasteiger partial charge in [0.25, 0.3) is 0 Å². The molecule has 0 aromatic carbocycles. The van der Waals surface area contributed by atoms with E-state index in [1.807, 2.05) is 13.0 Å². The Kier molecular flexibility index (Phi) is 7.30. The third-order valence-electron chi connectivity index (χ3n) is 6.47. The van der Waals surface area contributed by atoms with Crippen molar-refractivity contribution in [1.82, 2.24) is 19.9 Å². The Hall–Kier alpha value is -2.82. The summed E-state index contributed by atoms with van der Waals surface area (Å²) in [6.07, 6.45) is 1.64. The quantitative estimate of drug-likeness (QED) is 0.222. The highest BCUT2D eigenvalue weighted by atomic mass is 16.6. The number of nitrogens with one attached hydrogen (secondary N) is 1. The Balaban J connectivity index is 1.37. The highest BCUT2D eigenvalue weighted by Crippen LogP contribution is 2.40. The Morgan fingerprint density at radius 3 is 2.91 bits per heavy atom. The summed E-state index contributed by atoms with van der Waals surface area (Å²) in [7, 11) is 0. The zero-order valence-electron chi connectivity index (χ0n) is 19.0. The zero-order valence-corrected chi connectivity index (χ0v) is 19.0. The SMILES string of the molecule is CC[C@H](NCOC[C@@]1(C#N)O[C@@H](c2ccc3c(N)ncnn23)[C@H](O)[C@@H]1O)C(=O)OC1CCCC1. The lowest BCUT2D eigenvalue weighted by atomic mass is 9.96. The monoisotopic (exact) mass is 474 g/mol. The van der Waals surface area contributed by atoms with Gasteiger partial charge in [-0.25, -0.2) is 9.50 Å². The number of aliphatic hydroxyl groups is 2. The van der Waals surface area contributed by atoms with Crippen molar-refractivity contribution in [3.05, 3.63) is 24.2 Å². The van der Waals surface area contributed by atoms with Gasteiger partial charge in [0.05, 0.1) is 19.0 Å². The van der Waals surface area contributed by atoms with Gasteiger partial charge in [-0.05, 0) is 44.2 Å². The molecule has 5 N–H and O–H groups in total. The molecule has 12 heteroatoms. The van der Waals surface area contributed by atoms with Crippen molar-refractivity contribution in [2.24, 2.45) is 0 Å². The van der Waals surface area contributed by atoms with Gasteiger partial charge < -0.3 is 30.2 Å². The highest BCUT2D eigenvalue weighted by Gasteiger charge is 2.56. The van der Waals surface area contributed by atoms with Crippen molar-refractivity contribution in [1.29, 1.82) is 5.26 Å². The predicted octanol–water partition coefficient (Wildman–Crippen LogP) is 0.195. The molecule has 0 bridgehead atoms. The summed E-state index contributed by atoms with van der Waals surface area (Å²) >= 11 is 0. The normalized spacial score (nSPS) is 28.2. The third kappa shape index (κ3) is 4.57. The molecule has 2 aromatic heterocycles. The van der Waals surface area contributed by atoms with Crippen LogP contribution in [0.15, 0.2) is 18.5 Å². The first-order valence-electron chi connectivity index (χ1n) is 11.4. The third-order valence-corrected chi connectivity index (χ3v) is 6.47. The lowest BCUT2D eigenvalue weighted by Gasteiger charge is -2.25. The fourth-order valence-corrected chi connectivity index (χ4v) is 4.48. The van der Waals surface area contributed by atoms with Crippen molar-refractivity contribution in [2.45, 2.75) is 75.1 Å². The van der Waals surface area contributed by atoms with E-state index in [2.05, 4.69) is 15.4 Å². The van der Waals surface area contributed by atoms with Gasteiger partial charge >= 0.3 is 5.97 Å². The first-order valence-corrected chi connectivity index (χ1v) is 11.4. The maximum Gasteiger partial charge on any atom is 0.323 e. The summed E-state index contributed by atoms with van der Waals surface area (Å²) in [5.41, 5.74) is 4.95. The summed E-state index contributed by atoms with van der Waals surface area (Å²) in [5.74, 6) is -0.0887. The molecule has 0 unspecified atom stereocenters. The number of hydrogen-bond acceptors (Lipinski definition) is 11. The van der Waals surface area contributed by atoms with E-state index in [0.29, 0.717) is 17.6 Å². The van der Waals surface area contributed by atoms with Gasteiger partial charge in [-0.3, -0.25) is 10.1 Å². The Morgan fingerprint density at radius 2 is 2.21 bits per heavy atom. The lowest BCUT2D eigenvalue weighted by molar-refractivity contribution is -0.152. The molecule has 0 amide bonds. The Bertz CT molecular complexity index is 1050. The van der Waals surface area contributed by atoms with Crippen LogP contribution >= 0.6 is 0 Å². The van der Waals surface area contributed by atoms with Crippen LogP contribution in [0.5, 0.6) is 0 Å². The number of nitriles is 1. The van der Waals surface area contributed by atoms with Crippen LogP contribution in [0.2, 0.25) is 0 Å². The minimum Gasteiger partial charge on any atom is -0.461 e. The van der Waals surface area contributed by atoms with Crippen LogP contribution in [0.25, 0.3) is 5.52 Å². The van der Waals surface area contributed by atoms with Gasteiger partial charge in [-0.1, -0.05) is 6.92 Å². The molecule has 1 saturated carbocycles. The van der Waals surface area contributed by atoms with Gasteiger partial charge in [0, 0.05) is 0 Å². The number of nitrogens with two attached hydrogens (primary N) is 1. The molecule has 1 aliphatic heterocycles. The highest BCUT2D eigenvalue weighted by molar-refractivity contribution is 5.75. The van der Waals surface area contributed by atoms with Gasteiger partial charge in [0.1, 0.15) is 48.4 Å². The second-order valence-electron chi connectivity index (χ2n) is 8.68. The summed E-state index contributed by atoms with van der Waals surface area (Å²) in [4.78, 5) is 16.3. The average Bonchev–Trinajstić information content (AvgIpc) is 3.55. The van der Waals surface area contributed by atoms with Crippen LogP contribution in [0.3, 0.4) is 0 Å². The second kappa shape index (κ2) is 10.2. The summed E-state index contributed by atoms with van der Waals surface area (Å²) in [6, 6.07) is 4.69. The summed E-state index contributed by atoms with van der Waals surface area (Å²) < 4.78 is 18.4. The molecule has 1 aliphatic carbocycles. The zero-order chi connectivity index (χ0) is 24.3. The van der Waals surface area contributed by atoms with Crippen LogP contribution in [0.1, 0.15) is 50.8 Å². The minimum atomic E-state index is -1.82. The molecule has 184 valence electrons. The first-order chi connectivity index (χ1) is 16.4. The van der Waals surface area contributed by atoms with Gasteiger partial charge in [-0.2, -0.15) is 10.4 Å². The van der Waals surface area contributed by atoms with Gasteiger partial charge in [0.2, 0.25) is 5.60 Å². The van der Waals surface area contributed by atoms with Crippen molar-refractivity contribution in [3.8, 4) is 6.07 Å². The first kappa shape index (κ1) is 24.3. The van der Waals surface area contributed by atoms with E-state index < -0.39 is 30.0 Å². The molecule has 34 heavy (non-hydrogen) atoms. The Morgan fingerprint density at radius 1 is 1.44 bits per heavy atom. The molecule has 4 rings (SSSR count). The molecule has 0 spiro atoms. The van der Waals surface area contributed by atoms with E-state index in [9.17, 15) is 20.3 Å². The van der Waals surface area contributed by atoms with E-state index in [0.717, 1.165) is 25.7 Å². The van der Waals surface area contributed by atoms with Gasteiger partial charge in [-0.15, -0.1) is 0 Å². The molecule has 2 aromatic rings. The van der Waals surface area contributed by atoms with E-state index in [4.69, 9.17) is 19.9 Å². The molecule has 1 saturated heterocycles. The number of esters is 1. The number of anilines is 1. The van der Waals surface area contributed by atoms with E-state index >= 15 is 0 Å². The van der Waals surface area contributed by atoms with Crippen molar-refractivity contribution in [2.75, 3.05) is 19.1 Å². The summed E-state index contributed by atoms with van der Waals surface area (Å²) in [5, 5.41) is 38.2. The molecular weight excluding hydrogens is 444 g/mol. The second-order valence-corrected chi connectivity index (χ2v) is 8.68. The molecule has 5 atom stereocenters. The van der Waals surface area contributed by atoms with E-state index in [-0.39, 0.29) is 31.2 Å². The van der Waals surface area contributed by atoms with Crippen molar-refractivity contribution in [3.63, 3.8) is 0 Å². The van der Waals surface area contributed by atoms with Crippen LogP contribution < -0.4 is 11.1 Å². The number of ether oxygens (including phenoxy) is 3. The molecular formula is C22H30N6O6. The molecule has 2 aliphatic rings. The fraction of sp³-hybridized carbons (Fsp3) is 0.636. The Labute approximate surface area is 196 Å². The van der Waals surface area contributed by atoms with Crippen LogP contribution in [-0.4, -0.2) is 74.1 Å². The van der Waals surface area contributed by atoms with Crippen molar-refractivity contribution < 1.29 is 29.2 Å². The summed E-state index contributed by atoms with van der Waals surface area (Å²) in [6.45, 7) is 1.45. The van der Waals surface area contributed by atoms with Crippen LogP contribution in [0.4, 0.5) is 5.82 Å². The largest absolute Gasteiger partial charge is 0.461 e. The number of carbonyl (C=O) groups is 1. The number of nitrogen functional groups attached to an aromatic ring is 1. The molecule has 2 fully saturated rings. The maximum absolute atomic E-state index is 12.4. The number of carbonyl (C=O) groups excluding carboxylic acids is 1. The smallest absolute Gasteiger partial charge is 0.323 e. The number of rotatable bonds is 9. The van der Waals surface area contributed by atoms with Crippen molar-refractivity contribution >= 4 is 17.3 Å². The number of aromatic nitrogens is 3. The molecule has 3 heterocycles. The number of nitrogens with zero attached hydrogens (tertiary/aromatic N) is 4. The fourth-order valence-electron chi connectivity index (χ4n) is 4.48. The number of aliphatic hydroxyl groups excluding tert-OH is 2. The standard InChI is InChI=1S/C22H30N6O6/c1-2-14(21(31)33-13-5-3-4-6-13)26-12-32-10-22(9-23)19(30)17(29)18(34-22)15-7-8-16-20(24)25-11-27-28(15)16/h7-8,11,13-14,17-19,26,29-30H,2-6,10,12H2,1H3,(H2,24,25,27)/t14-,17-,18-,19-,22+/m0/s1. The number of hydrogen-bond donors (Lipinski definition) is 4. The van der Waals surface area contributed by atoms with Crippen LogP contribution in [-0.2, 0) is 19.0 Å². The molecule has 12 nitrogen and oxygen atoms in total. The van der Waals surface area contributed by atoms with E-state index in [1.54, 1.807) is 12.1 Å². The maximum atomic E-state index is 12.4. The van der Waals surface area contributed by atoms with E-state index in [1.165, 1.54) is 10.8 Å². The minimum absolute atomic E-state index is 0.0302. The van der Waals surface area contributed by atoms with Crippen LogP contribution in [0, 0.1) is 11.3 Å². The van der Waals surface area contributed by atoms with Gasteiger partial charge in [0.15, 0.2) is 5.82 Å². The lowest BCUT2D eigenvalue weighted by Crippen LogP contribution is -2.47.